The van der Waals surface area contributed by atoms with Crippen LogP contribution in [0.25, 0.3) is 5.52 Å². The lowest BCUT2D eigenvalue weighted by Crippen LogP contribution is -2.18. The number of hydrogen-bond donors (Lipinski definition) is 1. The van der Waals surface area contributed by atoms with Gasteiger partial charge in [-0.15, -0.1) is 11.3 Å². The van der Waals surface area contributed by atoms with E-state index in [4.69, 9.17) is 0 Å². The van der Waals surface area contributed by atoms with Gasteiger partial charge in [-0.25, -0.2) is 4.52 Å². The molecule has 98 valence electrons. The number of nitrogens with zero attached hydrogens (tertiary/aromatic N) is 3. The first-order chi connectivity index (χ1) is 9.28. The fraction of sp³-hybridized carbons (Fsp3) is 0.231. The summed E-state index contributed by atoms with van der Waals surface area (Å²) in [5, 5.41) is 7.73. The van der Waals surface area contributed by atoms with E-state index in [1.807, 2.05) is 30.2 Å². The molecule has 3 rings (SSSR count). The standard InChI is InChI=1S/C13H13BrN4S/c1-15-11(6-9-2-3-13(14)19-9)10-7-17-18-5-4-16-8-12(10)18/h2-5,7-8,11,15H,6H2,1H3. The van der Waals surface area contributed by atoms with E-state index in [1.54, 1.807) is 17.5 Å². The number of fused-ring (bicyclic) bond motifs is 1. The lowest BCUT2D eigenvalue weighted by Gasteiger charge is -2.13. The zero-order chi connectivity index (χ0) is 13.2. The van der Waals surface area contributed by atoms with Gasteiger partial charge in [-0.1, -0.05) is 0 Å². The largest absolute Gasteiger partial charge is 0.313 e. The van der Waals surface area contributed by atoms with Crippen LogP contribution in [0.15, 0.2) is 40.7 Å². The van der Waals surface area contributed by atoms with E-state index in [2.05, 4.69) is 43.5 Å². The van der Waals surface area contributed by atoms with Crippen LogP contribution in [-0.2, 0) is 6.42 Å². The molecule has 0 spiro atoms. The molecule has 0 bridgehead atoms. The van der Waals surface area contributed by atoms with Gasteiger partial charge in [0.25, 0.3) is 0 Å². The van der Waals surface area contributed by atoms with Gasteiger partial charge in [0.1, 0.15) is 0 Å². The highest BCUT2D eigenvalue weighted by molar-refractivity contribution is 9.11. The first-order valence-electron chi connectivity index (χ1n) is 5.96. The van der Waals surface area contributed by atoms with E-state index >= 15 is 0 Å². The van der Waals surface area contributed by atoms with Gasteiger partial charge in [0.15, 0.2) is 0 Å². The molecular weight excluding hydrogens is 324 g/mol. The Labute approximate surface area is 123 Å². The van der Waals surface area contributed by atoms with Crippen molar-refractivity contribution >= 4 is 32.8 Å². The zero-order valence-corrected chi connectivity index (χ0v) is 12.8. The Bertz CT molecular complexity index is 691. The molecule has 0 saturated carbocycles. The minimum atomic E-state index is 0.243. The Morgan fingerprint density at radius 3 is 3.05 bits per heavy atom. The van der Waals surface area contributed by atoms with Crippen LogP contribution in [0.3, 0.4) is 0 Å². The third kappa shape index (κ3) is 2.56. The Hall–Kier alpha value is -1.24. The summed E-state index contributed by atoms with van der Waals surface area (Å²) in [7, 11) is 1.98. The van der Waals surface area contributed by atoms with Gasteiger partial charge in [-0.05, 0) is 35.1 Å². The van der Waals surface area contributed by atoms with Crippen molar-refractivity contribution < 1.29 is 0 Å². The second kappa shape index (κ2) is 5.40. The van der Waals surface area contributed by atoms with Crippen LogP contribution in [-0.4, -0.2) is 21.6 Å². The van der Waals surface area contributed by atoms with Crippen molar-refractivity contribution in [2.45, 2.75) is 12.5 Å². The lowest BCUT2D eigenvalue weighted by molar-refractivity contribution is 0.600. The highest BCUT2D eigenvalue weighted by atomic mass is 79.9. The Balaban J connectivity index is 1.93. The molecule has 0 aliphatic rings. The van der Waals surface area contributed by atoms with Crippen molar-refractivity contribution in [2.75, 3.05) is 7.05 Å². The van der Waals surface area contributed by atoms with E-state index < -0.39 is 0 Å². The van der Waals surface area contributed by atoms with E-state index in [0.717, 1.165) is 11.9 Å². The summed E-state index contributed by atoms with van der Waals surface area (Å²) in [6.45, 7) is 0. The van der Waals surface area contributed by atoms with E-state index in [0.29, 0.717) is 0 Å². The molecule has 1 N–H and O–H groups in total. The smallest absolute Gasteiger partial charge is 0.0892 e. The normalized spacial score (nSPS) is 12.9. The molecule has 1 unspecified atom stereocenters. The zero-order valence-electron chi connectivity index (χ0n) is 10.4. The third-order valence-electron chi connectivity index (χ3n) is 3.11. The molecule has 0 fully saturated rings. The van der Waals surface area contributed by atoms with E-state index in [1.165, 1.54) is 14.2 Å². The van der Waals surface area contributed by atoms with Gasteiger partial charge in [0.2, 0.25) is 0 Å². The van der Waals surface area contributed by atoms with Gasteiger partial charge in [-0.2, -0.15) is 5.10 Å². The number of likely N-dealkylation sites (N-methyl/N-ethyl adjacent to an activating group) is 1. The Morgan fingerprint density at radius 1 is 1.42 bits per heavy atom. The van der Waals surface area contributed by atoms with Crippen molar-refractivity contribution in [3.05, 3.63) is 51.1 Å². The molecule has 0 saturated heterocycles. The molecule has 0 aliphatic carbocycles. The predicted octanol–water partition coefficient (Wildman–Crippen LogP) is 3.06. The number of aromatic nitrogens is 3. The highest BCUT2D eigenvalue weighted by Gasteiger charge is 2.16. The average Bonchev–Trinajstić information content (AvgIpc) is 3.02. The average molecular weight is 337 g/mol. The van der Waals surface area contributed by atoms with Gasteiger partial charge < -0.3 is 5.32 Å². The SMILES string of the molecule is CNC(Cc1ccc(Br)s1)c1cnn2ccncc12. The minimum Gasteiger partial charge on any atom is -0.313 e. The van der Waals surface area contributed by atoms with Crippen LogP contribution in [0.5, 0.6) is 0 Å². The van der Waals surface area contributed by atoms with Crippen LogP contribution >= 0.6 is 27.3 Å². The molecule has 0 aliphatic heterocycles. The van der Waals surface area contributed by atoms with Crippen molar-refractivity contribution in [1.29, 1.82) is 0 Å². The van der Waals surface area contributed by atoms with E-state index in [-0.39, 0.29) is 6.04 Å². The number of hydrogen-bond acceptors (Lipinski definition) is 4. The van der Waals surface area contributed by atoms with Crippen LogP contribution in [0.1, 0.15) is 16.5 Å². The molecule has 0 radical (unpaired) electrons. The topological polar surface area (TPSA) is 42.2 Å². The maximum Gasteiger partial charge on any atom is 0.0892 e. The summed E-state index contributed by atoms with van der Waals surface area (Å²) < 4.78 is 3.02. The quantitative estimate of drug-likeness (QED) is 0.796. The maximum atomic E-state index is 4.37. The number of nitrogens with one attached hydrogen (secondary N) is 1. The monoisotopic (exact) mass is 336 g/mol. The van der Waals surface area contributed by atoms with Crippen molar-refractivity contribution in [1.82, 2.24) is 19.9 Å². The van der Waals surface area contributed by atoms with Gasteiger partial charge in [0, 0.05) is 35.3 Å². The van der Waals surface area contributed by atoms with Gasteiger partial charge in [0.05, 0.1) is 21.7 Å². The van der Waals surface area contributed by atoms with Crippen LogP contribution in [0.4, 0.5) is 0 Å². The van der Waals surface area contributed by atoms with Crippen LogP contribution in [0, 0.1) is 0 Å². The Morgan fingerprint density at radius 2 is 2.32 bits per heavy atom. The fourth-order valence-corrected chi connectivity index (χ4v) is 3.68. The number of thiophene rings is 1. The summed E-state index contributed by atoms with van der Waals surface area (Å²) in [4.78, 5) is 5.52. The molecule has 19 heavy (non-hydrogen) atoms. The molecule has 3 aromatic heterocycles. The molecule has 4 nitrogen and oxygen atoms in total. The molecule has 1 atom stereocenters. The lowest BCUT2D eigenvalue weighted by atomic mass is 10.1. The fourth-order valence-electron chi connectivity index (χ4n) is 2.15. The van der Waals surface area contributed by atoms with Crippen molar-refractivity contribution in [2.24, 2.45) is 0 Å². The Kier molecular flexibility index (Phi) is 3.63. The summed E-state index contributed by atoms with van der Waals surface area (Å²) in [5.74, 6) is 0. The molecule has 0 amide bonds. The molecule has 3 aromatic rings. The summed E-state index contributed by atoms with van der Waals surface area (Å²) in [6.07, 6.45) is 8.34. The van der Waals surface area contributed by atoms with Gasteiger partial charge >= 0.3 is 0 Å². The molecule has 3 heterocycles. The molecular formula is C13H13BrN4S. The first-order valence-corrected chi connectivity index (χ1v) is 7.57. The third-order valence-corrected chi connectivity index (χ3v) is 4.76. The number of halogens is 1. The maximum absolute atomic E-state index is 4.37. The second-order valence-electron chi connectivity index (χ2n) is 4.26. The molecule has 6 heteroatoms. The summed E-state index contributed by atoms with van der Waals surface area (Å²) in [6, 6.07) is 4.49. The van der Waals surface area contributed by atoms with Crippen LogP contribution in [0.2, 0.25) is 0 Å². The summed E-state index contributed by atoms with van der Waals surface area (Å²) in [5.41, 5.74) is 2.23. The van der Waals surface area contributed by atoms with Crippen molar-refractivity contribution in [3.8, 4) is 0 Å². The first kappa shape index (κ1) is 12.8. The van der Waals surface area contributed by atoms with Crippen LogP contribution < -0.4 is 5.32 Å². The summed E-state index contributed by atoms with van der Waals surface area (Å²) >= 11 is 5.27. The highest BCUT2D eigenvalue weighted by Crippen LogP contribution is 2.28. The minimum absolute atomic E-state index is 0.243. The van der Waals surface area contributed by atoms with Gasteiger partial charge in [-0.3, -0.25) is 4.98 Å². The second-order valence-corrected chi connectivity index (χ2v) is 6.80. The number of rotatable bonds is 4. The van der Waals surface area contributed by atoms with E-state index in [9.17, 15) is 0 Å². The van der Waals surface area contributed by atoms with Crippen molar-refractivity contribution in [3.63, 3.8) is 0 Å². The molecule has 0 aromatic carbocycles. The predicted molar refractivity (Wildman–Crippen MR) is 80.5 cm³/mol.